The number of rotatable bonds is 5. The molecular formula is C23H26F2N3O4+. The van der Waals surface area contributed by atoms with Crippen molar-refractivity contribution in [3.05, 3.63) is 69.8 Å². The molecule has 4 atom stereocenters. The zero-order chi connectivity index (χ0) is 23.3. The highest BCUT2D eigenvalue weighted by molar-refractivity contribution is 5.69. The molecule has 1 N–H and O–H groups in total. The van der Waals surface area contributed by atoms with Gasteiger partial charge in [0.25, 0.3) is 5.69 Å². The number of quaternary nitrogens is 1. The van der Waals surface area contributed by atoms with Crippen molar-refractivity contribution in [3.63, 3.8) is 0 Å². The van der Waals surface area contributed by atoms with E-state index in [1.165, 1.54) is 0 Å². The average molecular weight is 446 g/mol. The van der Waals surface area contributed by atoms with Crippen LogP contribution in [-0.2, 0) is 11.3 Å². The van der Waals surface area contributed by atoms with Crippen molar-refractivity contribution < 1.29 is 23.2 Å². The molecule has 1 saturated heterocycles. The molecule has 1 aliphatic heterocycles. The van der Waals surface area contributed by atoms with Crippen LogP contribution >= 0.6 is 0 Å². The molecule has 0 aromatic heterocycles. The summed E-state index contributed by atoms with van der Waals surface area (Å²) < 4.78 is 35.4. The summed E-state index contributed by atoms with van der Waals surface area (Å²) in [5.74, 6) is -1.77. The van der Waals surface area contributed by atoms with Crippen LogP contribution in [0.25, 0.3) is 0 Å². The van der Waals surface area contributed by atoms with Gasteiger partial charge in [0.05, 0.1) is 30.1 Å². The molecule has 9 heteroatoms. The molecule has 4 rings (SSSR count). The van der Waals surface area contributed by atoms with E-state index >= 15 is 8.78 Å². The molecule has 1 saturated carbocycles. The minimum absolute atomic E-state index is 0.00149. The molecule has 2 aliphatic rings. The van der Waals surface area contributed by atoms with Gasteiger partial charge in [0.2, 0.25) is 5.69 Å². The van der Waals surface area contributed by atoms with Crippen LogP contribution in [0.5, 0.6) is 0 Å². The van der Waals surface area contributed by atoms with Gasteiger partial charge in [-0.1, -0.05) is 30.3 Å². The fourth-order valence-corrected chi connectivity index (χ4v) is 4.92. The van der Waals surface area contributed by atoms with Crippen LogP contribution in [0.2, 0.25) is 0 Å². The van der Waals surface area contributed by atoms with Crippen molar-refractivity contribution in [2.45, 2.75) is 39.0 Å². The molecule has 2 aromatic carbocycles. The number of nitrogens with one attached hydrogen (secondary N) is 1. The van der Waals surface area contributed by atoms with E-state index in [2.05, 4.69) is 5.32 Å². The first kappa shape index (κ1) is 22.1. The highest BCUT2D eigenvalue weighted by Crippen LogP contribution is 2.52. The largest absolute Gasteiger partial charge is 0.444 e. The summed E-state index contributed by atoms with van der Waals surface area (Å²) in [6.45, 7) is 6.50. The Kier molecular flexibility index (Phi) is 5.40. The van der Waals surface area contributed by atoms with Gasteiger partial charge in [0.15, 0.2) is 11.6 Å². The number of nitro groups is 1. The number of hydrogen-bond acceptors (Lipinski definition) is 4. The number of hydrogen-bond donors (Lipinski definition) is 1. The van der Waals surface area contributed by atoms with Crippen LogP contribution in [0, 0.1) is 33.6 Å². The first-order chi connectivity index (χ1) is 15.0. The lowest BCUT2D eigenvalue weighted by atomic mass is 10.1. The predicted octanol–water partition coefficient (Wildman–Crippen LogP) is 4.53. The van der Waals surface area contributed by atoms with Gasteiger partial charge in [0, 0.05) is 23.4 Å². The first-order valence-corrected chi connectivity index (χ1v) is 10.5. The minimum atomic E-state index is -0.925. The lowest BCUT2D eigenvalue weighted by Crippen LogP contribution is -2.51. The third-order valence-corrected chi connectivity index (χ3v) is 6.15. The van der Waals surface area contributed by atoms with E-state index in [0.29, 0.717) is 19.6 Å². The van der Waals surface area contributed by atoms with Crippen LogP contribution in [0.15, 0.2) is 42.5 Å². The molecule has 1 amide bonds. The van der Waals surface area contributed by atoms with E-state index in [4.69, 9.17) is 4.74 Å². The van der Waals surface area contributed by atoms with Gasteiger partial charge < -0.3 is 10.1 Å². The van der Waals surface area contributed by atoms with Crippen LogP contribution in [0.4, 0.5) is 25.0 Å². The van der Waals surface area contributed by atoms with E-state index in [0.717, 1.165) is 17.7 Å². The molecule has 32 heavy (non-hydrogen) atoms. The van der Waals surface area contributed by atoms with E-state index in [1.54, 1.807) is 20.8 Å². The summed E-state index contributed by atoms with van der Waals surface area (Å²) in [4.78, 5) is 22.4. The summed E-state index contributed by atoms with van der Waals surface area (Å²) >= 11 is 0. The van der Waals surface area contributed by atoms with E-state index < -0.39 is 33.9 Å². The van der Waals surface area contributed by atoms with Crippen molar-refractivity contribution in [2.75, 3.05) is 13.1 Å². The third-order valence-electron chi connectivity index (χ3n) is 6.15. The fourth-order valence-electron chi connectivity index (χ4n) is 4.92. The summed E-state index contributed by atoms with van der Waals surface area (Å²) in [6.07, 6.45) is -0.509. The van der Waals surface area contributed by atoms with E-state index in [9.17, 15) is 14.9 Å². The second-order valence-corrected chi connectivity index (χ2v) is 9.67. The Morgan fingerprint density at radius 3 is 2.22 bits per heavy atom. The number of carbonyl (C=O) groups is 1. The first-order valence-electron chi connectivity index (χ1n) is 10.5. The molecule has 0 bridgehead atoms. The van der Waals surface area contributed by atoms with Gasteiger partial charge in [-0.05, 0) is 20.8 Å². The maximum absolute atomic E-state index is 15.1. The number of piperidine rings is 1. The predicted molar refractivity (Wildman–Crippen MR) is 115 cm³/mol. The number of amides is 1. The monoisotopic (exact) mass is 446 g/mol. The average Bonchev–Trinajstić information content (AvgIpc) is 3.12. The van der Waals surface area contributed by atoms with Crippen molar-refractivity contribution in [1.29, 1.82) is 0 Å². The Morgan fingerprint density at radius 1 is 1.16 bits per heavy atom. The van der Waals surface area contributed by atoms with Crippen LogP contribution in [0.3, 0.4) is 0 Å². The zero-order valence-electron chi connectivity index (χ0n) is 18.2. The van der Waals surface area contributed by atoms with Gasteiger partial charge >= 0.3 is 6.09 Å². The topological polar surface area (TPSA) is 81.5 Å². The molecule has 0 spiro atoms. The number of likely N-dealkylation sites (tertiary alicyclic amines) is 1. The standard InChI is InChI=1S/C23H25F2N3O4/c1-23(2,3)32-22(29)26-20-16-12-28(13-17(16)20,11-14-7-5-4-6-8-14)21-18(24)9-15(27(30)31)10-19(21)25/h4-10,16-17,20H,11-13H2,1-3H3/p+1/t16-,17+,20?,28?. The summed E-state index contributed by atoms with van der Waals surface area (Å²) in [5.41, 5.74) is -0.493. The van der Waals surface area contributed by atoms with E-state index in [-0.39, 0.29) is 28.0 Å². The van der Waals surface area contributed by atoms with Crippen LogP contribution in [0.1, 0.15) is 26.3 Å². The van der Waals surface area contributed by atoms with Crippen molar-refractivity contribution in [1.82, 2.24) is 9.80 Å². The molecule has 7 nitrogen and oxygen atoms in total. The van der Waals surface area contributed by atoms with Gasteiger partial charge in [-0.25, -0.2) is 4.79 Å². The number of carbonyl (C=O) groups excluding carboxylic acids is 1. The van der Waals surface area contributed by atoms with Crippen molar-refractivity contribution >= 4 is 17.5 Å². The van der Waals surface area contributed by atoms with Gasteiger partial charge in [0.1, 0.15) is 12.1 Å². The number of non-ortho nitro benzene ring substituents is 1. The smallest absolute Gasteiger partial charge is 0.407 e. The molecule has 1 heterocycles. The van der Waals surface area contributed by atoms with Crippen LogP contribution in [-0.4, -0.2) is 35.7 Å². The molecule has 2 unspecified atom stereocenters. The van der Waals surface area contributed by atoms with Gasteiger partial charge in [-0.15, -0.1) is 0 Å². The third kappa shape index (κ3) is 4.29. The van der Waals surface area contributed by atoms with Crippen molar-refractivity contribution in [2.24, 2.45) is 11.8 Å². The second-order valence-electron chi connectivity index (χ2n) is 9.67. The summed E-state index contributed by atoms with van der Waals surface area (Å²) in [7, 11) is 0. The highest BCUT2D eigenvalue weighted by Gasteiger charge is 2.65. The number of alkyl carbamates (subject to hydrolysis) is 1. The number of nitro benzene ring substituents is 1. The minimum Gasteiger partial charge on any atom is -0.444 e. The molecule has 170 valence electrons. The number of ether oxygens (including phenoxy) is 1. The molecular weight excluding hydrogens is 420 g/mol. The van der Waals surface area contributed by atoms with Crippen molar-refractivity contribution in [3.8, 4) is 0 Å². The molecule has 0 radical (unpaired) electrons. The maximum atomic E-state index is 15.1. The number of benzene rings is 2. The summed E-state index contributed by atoms with van der Waals surface area (Å²) in [6, 6.07) is 10.8. The Labute approximate surface area is 184 Å². The molecule has 2 fully saturated rings. The maximum Gasteiger partial charge on any atom is 0.407 e. The zero-order valence-corrected chi connectivity index (χ0v) is 18.2. The Bertz CT molecular complexity index is 1020. The lowest BCUT2D eigenvalue weighted by molar-refractivity contribution is -0.385. The Morgan fingerprint density at radius 2 is 1.72 bits per heavy atom. The number of halogens is 2. The lowest BCUT2D eigenvalue weighted by Gasteiger charge is -2.36. The second kappa shape index (κ2) is 7.81. The molecule has 1 aliphatic carbocycles. The quantitative estimate of drug-likeness (QED) is 0.416. The fraction of sp³-hybridized carbons (Fsp3) is 0.435. The highest BCUT2D eigenvalue weighted by atomic mass is 19.1. The number of fused-ring (bicyclic) bond motifs is 1. The van der Waals surface area contributed by atoms with Gasteiger partial charge in [-0.2, -0.15) is 8.78 Å². The Hall–Kier alpha value is -3.07. The molecule has 2 aromatic rings. The number of nitrogens with zero attached hydrogens (tertiary/aromatic N) is 2. The summed E-state index contributed by atoms with van der Waals surface area (Å²) in [5, 5.41) is 13.9. The van der Waals surface area contributed by atoms with Crippen LogP contribution < -0.4 is 9.80 Å². The normalized spacial score (nSPS) is 26.3. The van der Waals surface area contributed by atoms with E-state index in [1.807, 2.05) is 30.3 Å². The Balaban J connectivity index is 1.61. The SMILES string of the molecule is CC(C)(C)OC(=O)NC1[C@H]2C[N+](Cc3ccccc3)(c3c(F)cc([N+](=O)[O-])cc3F)C[C@@H]12. The van der Waals surface area contributed by atoms with Gasteiger partial charge in [-0.3, -0.25) is 14.6 Å².